The molecule has 25 heavy (non-hydrogen) atoms. The lowest BCUT2D eigenvalue weighted by Crippen LogP contribution is -2.24. The van der Waals surface area contributed by atoms with Gasteiger partial charge in [0.2, 0.25) is 0 Å². The van der Waals surface area contributed by atoms with E-state index in [9.17, 15) is 4.79 Å². The van der Waals surface area contributed by atoms with Crippen molar-refractivity contribution < 1.29 is 18.5 Å². The van der Waals surface area contributed by atoms with Crippen molar-refractivity contribution in [3.05, 3.63) is 70.5 Å². The summed E-state index contributed by atoms with van der Waals surface area (Å²) in [6.45, 7) is 6.27. The van der Waals surface area contributed by atoms with Gasteiger partial charge < -0.3 is 19.0 Å². The fraction of sp³-hybridized carbons (Fsp3) is 0.263. The molecule has 0 atom stereocenters. The Bertz CT molecular complexity index is 866. The summed E-state index contributed by atoms with van der Waals surface area (Å²) in [5.41, 5.74) is 3.08. The van der Waals surface area contributed by atoms with Crippen LogP contribution < -0.4 is 10.1 Å². The highest BCUT2D eigenvalue weighted by atomic mass is 16.5. The van der Waals surface area contributed by atoms with Crippen LogP contribution in [0.4, 0.5) is 0 Å². The molecule has 0 saturated carbocycles. The number of furan rings is 1. The second-order valence-electron chi connectivity index (χ2n) is 5.89. The molecule has 1 N–H and O–H groups in total. The van der Waals surface area contributed by atoms with Crippen LogP contribution in [-0.4, -0.2) is 11.1 Å². The Morgan fingerprint density at radius 3 is 2.80 bits per heavy atom. The van der Waals surface area contributed by atoms with Gasteiger partial charge in [-0.25, -0.2) is 0 Å². The normalized spacial score (nSPS) is 10.7. The minimum absolute atomic E-state index is 0.211. The molecule has 0 fully saturated rings. The first-order valence-electron chi connectivity index (χ1n) is 8.00. The highest BCUT2D eigenvalue weighted by molar-refractivity contribution is 5.93. The molecule has 0 radical (unpaired) electrons. The Morgan fingerprint density at radius 2 is 2.08 bits per heavy atom. The first kappa shape index (κ1) is 16.8. The molecular weight excluding hydrogens is 320 g/mol. The number of aromatic nitrogens is 1. The number of hydrogen-bond donors (Lipinski definition) is 1. The molecule has 1 amide bonds. The van der Waals surface area contributed by atoms with Crippen LogP contribution in [0.5, 0.6) is 5.75 Å². The van der Waals surface area contributed by atoms with Crippen LogP contribution in [0, 0.1) is 20.8 Å². The Labute approximate surface area is 145 Å². The largest absolute Gasteiger partial charge is 0.488 e. The number of nitrogens with zero attached hydrogens (tertiary/aromatic N) is 1. The first-order valence-corrected chi connectivity index (χ1v) is 8.00. The molecule has 0 saturated heterocycles. The van der Waals surface area contributed by atoms with Crippen LogP contribution in [0.1, 0.15) is 38.7 Å². The fourth-order valence-electron chi connectivity index (χ4n) is 2.52. The van der Waals surface area contributed by atoms with Crippen LogP contribution in [0.3, 0.4) is 0 Å². The van der Waals surface area contributed by atoms with Crippen molar-refractivity contribution in [2.45, 2.75) is 33.9 Å². The third-order valence-corrected chi connectivity index (χ3v) is 3.91. The molecule has 0 aliphatic carbocycles. The Kier molecular flexibility index (Phi) is 4.88. The molecule has 130 valence electrons. The smallest absolute Gasteiger partial charge is 0.274 e. The van der Waals surface area contributed by atoms with E-state index in [4.69, 9.17) is 13.7 Å². The van der Waals surface area contributed by atoms with E-state index >= 15 is 0 Å². The molecule has 1 aromatic carbocycles. The summed E-state index contributed by atoms with van der Waals surface area (Å²) in [4.78, 5) is 12.4. The molecule has 0 bridgehead atoms. The van der Waals surface area contributed by atoms with E-state index in [0.717, 1.165) is 11.3 Å². The summed E-state index contributed by atoms with van der Waals surface area (Å²) < 4.78 is 16.2. The van der Waals surface area contributed by atoms with E-state index in [1.165, 1.54) is 5.56 Å². The quantitative estimate of drug-likeness (QED) is 0.740. The highest BCUT2D eigenvalue weighted by Crippen LogP contribution is 2.22. The highest BCUT2D eigenvalue weighted by Gasteiger charge is 2.20. The SMILES string of the molecule is Cc1ccc(OCc2c(C(=O)NCc3ccco3)noc2C)c(C)c1. The van der Waals surface area contributed by atoms with Gasteiger partial charge in [0.15, 0.2) is 5.69 Å². The maximum absolute atomic E-state index is 12.4. The number of carbonyl (C=O) groups is 1. The van der Waals surface area contributed by atoms with Crippen LogP contribution in [0.15, 0.2) is 45.5 Å². The summed E-state index contributed by atoms with van der Waals surface area (Å²) in [5, 5.41) is 6.63. The van der Waals surface area contributed by atoms with Gasteiger partial charge in [0.05, 0.1) is 18.4 Å². The van der Waals surface area contributed by atoms with Crippen molar-refractivity contribution in [3.63, 3.8) is 0 Å². The monoisotopic (exact) mass is 340 g/mol. The zero-order chi connectivity index (χ0) is 17.8. The summed E-state index contributed by atoms with van der Waals surface area (Å²) in [5.74, 6) is 1.68. The van der Waals surface area contributed by atoms with E-state index in [1.54, 1.807) is 25.3 Å². The maximum atomic E-state index is 12.4. The summed E-state index contributed by atoms with van der Waals surface area (Å²) in [7, 11) is 0. The van der Waals surface area contributed by atoms with Crippen molar-refractivity contribution in [1.82, 2.24) is 10.5 Å². The molecule has 2 heterocycles. The lowest BCUT2D eigenvalue weighted by molar-refractivity contribution is 0.0936. The molecule has 0 aliphatic rings. The second kappa shape index (κ2) is 7.25. The van der Waals surface area contributed by atoms with Gasteiger partial charge in [-0.15, -0.1) is 0 Å². The first-order chi connectivity index (χ1) is 12.0. The second-order valence-corrected chi connectivity index (χ2v) is 5.89. The van der Waals surface area contributed by atoms with Gasteiger partial charge in [0.1, 0.15) is 23.9 Å². The van der Waals surface area contributed by atoms with Gasteiger partial charge in [-0.2, -0.15) is 0 Å². The number of nitrogens with one attached hydrogen (secondary N) is 1. The fourth-order valence-corrected chi connectivity index (χ4v) is 2.52. The van der Waals surface area contributed by atoms with Crippen molar-refractivity contribution >= 4 is 5.91 Å². The van der Waals surface area contributed by atoms with Gasteiger partial charge in [0, 0.05) is 0 Å². The molecule has 3 rings (SSSR count). The van der Waals surface area contributed by atoms with Crippen LogP contribution in [-0.2, 0) is 13.2 Å². The Balaban J connectivity index is 1.69. The zero-order valence-electron chi connectivity index (χ0n) is 14.5. The van der Waals surface area contributed by atoms with E-state index in [0.29, 0.717) is 17.1 Å². The molecule has 0 spiro atoms. The number of amides is 1. The summed E-state index contributed by atoms with van der Waals surface area (Å²) in [6.07, 6.45) is 1.56. The third-order valence-electron chi connectivity index (χ3n) is 3.91. The molecule has 0 unspecified atom stereocenters. The van der Waals surface area contributed by atoms with Crippen LogP contribution in [0.2, 0.25) is 0 Å². The Morgan fingerprint density at radius 1 is 1.24 bits per heavy atom. The van der Waals surface area contributed by atoms with Gasteiger partial charge in [-0.1, -0.05) is 22.9 Å². The van der Waals surface area contributed by atoms with Crippen molar-refractivity contribution in [1.29, 1.82) is 0 Å². The molecule has 6 heteroatoms. The molecule has 6 nitrogen and oxygen atoms in total. The number of benzene rings is 1. The van der Waals surface area contributed by atoms with Crippen molar-refractivity contribution in [2.75, 3.05) is 0 Å². The zero-order valence-corrected chi connectivity index (χ0v) is 14.5. The maximum Gasteiger partial charge on any atom is 0.274 e. The standard InChI is InChI=1S/C19H20N2O4/c1-12-6-7-17(13(2)9-12)24-11-16-14(3)25-21-18(16)19(22)20-10-15-5-4-8-23-15/h4-9H,10-11H2,1-3H3,(H,20,22). The van der Waals surface area contributed by atoms with E-state index in [-0.39, 0.29) is 24.8 Å². The summed E-state index contributed by atoms with van der Waals surface area (Å²) in [6, 6.07) is 9.51. The molecule has 2 aromatic heterocycles. The Hall–Kier alpha value is -3.02. The lowest BCUT2D eigenvalue weighted by atomic mass is 10.1. The van der Waals surface area contributed by atoms with Gasteiger partial charge in [-0.05, 0) is 44.5 Å². The van der Waals surface area contributed by atoms with Crippen LogP contribution in [0.25, 0.3) is 0 Å². The van der Waals surface area contributed by atoms with E-state index < -0.39 is 0 Å². The minimum atomic E-state index is -0.326. The molecular formula is C19H20N2O4. The number of hydrogen-bond acceptors (Lipinski definition) is 5. The third kappa shape index (κ3) is 3.91. The number of rotatable bonds is 6. The summed E-state index contributed by atoms with van der Waals surface area (Å²) >= 11 is 0. The van der Waals surface area contributed by atoms with Crippen molar-refractivity contribution in [3.8, 4) is 5.75 Å². The minimum Gasteiger partial charge on any atom is -0.488 e. The predicted molar refractivity (Wildman–Crippen MR) is 91.4 cm³/mol. The lowest BCUT2D eigenvalue weighted by Gasteiger charge is -2.10. The van der Waals surface area contributed by atoms with E-state index in [2.05, 4.69) is 10.5 Å². The van der Waals surface area contributed by atoms with Crippen LogP contribution >= 0.6 is 0 Å². The van der Waals surface area contributed by atoms with Gasteiger partial charge in [-0.3, -0.25) is 4.79 Å². The predicted octanol–water partition coefficient (Wildman–Crippen LogP) is 3.70. The van der Waals surface area contributed by atoms with Crippen molar-refractivity contribution in [2.24, 2.45) is 0 Å². The van der Waals surface area contributed by atoms with E-state index in [1.807, 2.05) is 32.0 Å². The van der Waals surface area contributed by atoms with Gasteiger partial charge in [0.25, 0.3) is 5.91 Å². The number of carbonyl (C=O) groups excluding carboxylic acids is 1. The topological polar surface area (TPSA) is 77.5 Å². The molecule has 3 aromatic rings. The average Bonchev–Trinajstić information content (AvgIpc) is 3.22. The average molecular weight is 340 g/mol. The number of ether oxygens (including phenoxy) is 1. The number of aryl methyl sites for hydroxylation is 3. The van der Waals surface area contributed by atoms with Gasteiger partial charge >= 0.3 is 0 Å². The molecule has 0 aliphatic heterocycles.